The summed E-state index contributed by atoms with van der Waals surface area (Å²) in [7, 11) is 0. The highest BCUT2D eigenvalue weighted by Gasteiger charge is 2.01. The molecular weight excluding hydrogens is 218 g/mol. The highest BCUT2D eigenvalue weighted by molar-refractivity contribution is 5.80. The summed E-state index contributed by atoms with van der Waals surface area (Å²) in [4.78, 5) is 19.6. The lowest BCUT2D eigenvalue weighted by Gasteiger charge is -2.07. The lowest BCUT2D eigenvalue weighted by Crippen LogP contribution is -2.29. The minimum absolute atomic E-state index is 0.0544. The zero-order chi connectivity index (χ0) is 12.5. The van der Waals surface area contributed by atoms with Crippen LogP contribution in [0.1, 0.15) is 20.3 Å². The van der Waals surface area contributed by atoms with Crippen LogP contribution in [0.5, 0.6) is 0 Å². The Morgan fingerprint density at radius 2 is 1.94 bits per heavy atom. The number of rotatable bonds is 7. The van der Waals surface area contributed by atoms with Gasteiger partial charge >= 0.3 is 0 Å². The standard InChI is InChI=1S/C11H19N5O/c1-3-5-14-9-6-12-7-10(16-9)15-8-11(17)13-4-2/h6-7H,3-5,8H2,1-2H3,(H,13,17)(H2,14,15,16). The summed E-state index contributed by atoms with van der Waals surface area (Å²) in [5.41, 5.74) is 0. The number of hydrogen-bond acceptors (Lipinski definition) is 5. The van der Waals surface area contributed by atoms with Crippen molar-refractivity contribution >= 4 is 17.5 Å². The molecule has 1 heterocycles. The second-order valence-corrected chi connectivity index (χ2v) is 3.52. The summed E-state index contributed by atoms with van der Waals surface area (Å²) in [5, 5.41) is 8.75. The lowest BCUT2D eigenvalue weighted by atomic mass is 10.5. The van der Waals surface area contributed by atoms with E-state index >= 15 is 0 Å². The molecule has 3 N–H and O–H groups in total. The predicted molar refractivity (Wildman–Crippen MR) is 68.0 cm³/mol. The summed E-state index contributed by atoms with van der Waals surface area (Å²) in [6.07, 6.45) is 4.28. The van der Waals surface area contributed by atoms with Crippen molar-refractivity contribution in [1.82, 2.24) is 15.3 Å². The first-order chi connectivity index (χ1) is 8.26. The lowest BCUT2D eigenvalue weighted by molar-refractivity contribution is -0.119. The van der Waals surface area contributed by atoms with Gasteiger partial charge < -0.3 is 16.0 Å². The average Bonchev–Trinajstić information content (AvgIpc) is 2.35. The van der Waals surface area contributed by atoms with Gasteiger partial charge in [0.1, 0.15) is 11.6 Å². The normalized spacial score (nSPS) is 9.76. The molecule has 0 saturated carbocycles. The monoisotopic (exact) mass is 237 g/mol. The first kappa shape index (κ1) is 13.2. The van der Waals surface area contributed by atoms with E-state index in [-0.39, 0.29) is 12.5 Å². The highest BCUT2D eigenvalue weighted by Crippen LogP contribution is 2.05. The summed E-state index contributed by atoms with van der Waals surface area (Å²) in [5.74, 6) is 1.26. The van der Waals surface area contributed by atoms with E-state index in [1.54, 1.807) is 12.4 Å². The van der Waals surface area contributed by atoms with Crippen LogP contribution in [0.15, 0.2) is 12.4 Å². The molecule has 0 aliphatic rings. The van der Waals surface area contributed by atoms with Crippen molar-refractivity contribution in [1.29, 1.82) is 0 Å². The Morgan fingerprint density at radius 3 is 2.59 bits per heavy atom. The molecule has 0 unspecified atom stereocenters. The number of amides is 1. The molecule has 94 valence electrons. The molecule has 0 aliphatic carbocycles. The van der Waals surface area contributed by atoms with Crippen molar-refractivity contribution in [3.63, 3.8) is 0 Å². The third-order valence-corrected chi connectivity index (χ3v) is 1.99. The van der Waals surface area contributed by atoms with E-state index in [2.05, 4.69) is 32.8 Å². The fourth-order valence-corrected chi connectivity index (χ4v) is 1.22. The van der Waals surface area contributed by atoms with Crippen LogP contribution in [0, 0.1) is 0 Å². The van der Waals surface area contributed by atoms with Gasteiger partial charge in [0, 0.05) is 13.1 Å². The van der Waals surface area contributed by atoms with Crippen LogP contribution in [0.3, 0.4) is 0 Å². The van der Waals surface area contributed by atoms with Gasteiger partial charge in [0.15, 0.2) is 0 Å². The Kier molecular flexibility index (Phi) is 5.77. The van der Waals surface area contributed by atoms with Crippen LogP contribution in [0.4, 0.5) is 11.6 Å². The van der Waals surface area contributed by atoms with Gasteiger partial charge in [-0.3, -0.25) is 9.78 Å². The molecule has 1 amide bonds. The molecule has 0 radical (unpaired) electrons. The van der Waals surface area contributed by atoms with Crippen LogP contribution >= 0.6 is 0 Å². The minimum Gasteiger partial charge on any atom is -0.369 e. The van der Waals surface area contributed by atoms with Crippen LogP contribution in [-0.4, -0.2) is 35.5 Å². The van der Waals surface area contributed by atoms with E-state index in [9.17, 15) is 4.79 Å². The summed E-state index contributed by atoms with van der Waals surface area (Å²) >= 11 is 0. The number of likely N-dealkylation sites (N-methyl/N-ethyl adjacent to an activating group) is 1. The van der Waals surface area contributed by atoms with E-state index in [0.29, 0.717) is 18.2 Å². The van der Waals surface area contributed by atoms with Gasteiger partial charge in [-0.15, -0.1) is 0 Å². The van der Waals surface area contributed by atoms with Crippen molar-refractivity contribution in [3.05, 3.63) is 12.4 Å². The number of carbonyl (C=O) groups excluding carboxylic acids is 1. The smallest absolute Gasteiger partial charge is 0.239 e. The molecule has 0 fully saturated rings. The first-order valence-corrected chi connectivity index (χ1v) is 5.82. The quantitative estimate of drug-likeness (QED) is 0.655. The van der Waals surface area contributed by atoms with E-state index in [4.69, 9.17) is 0 Å². The van der Waals surface area contributed by atoms with Crippen LogP contribution in [0.2, 0.25) is 0 Å². The molecule has 1 aromatic heterocycles. The van der Waals surface area contributed by atoms with Gasteiger partial charge in [0.05, 0.1) is 18.9 Å². The molecule has 17 heavy (non-hydrogen) atoms. The van der Waals surface area contributed by atoms with Crippen molar-refractivity contribution in [2.24, 2.45) is 0 Å². The van der Waals surface area contributed by atoms with E-state index < -0.39 is 0 Å². The van der Waals surface area contributed by atoms with Gasteiger partial charge in [-0.05, 0) is 13.3 Å². The topological polar surface area (TPSA) is 78.9 Å². The molecule has 0 saturated heterocycles. The molecule has 6 nitrogen and oxygen atoms in total. The number of aromatic nitrogens is 2. The SMILES string of the molecule is CCCNc1cncc(NCC(=O)NCC)n1. The Labute approximate surface area is 101 Å². The number of nitrogens with zero attached hydrogens (tertiary/aromatic N) is 2. The van der Waals surface area contributed by atoms with Crippen LogP contribution < -0.4 is 16.0 Å². The van der Waals surface area contributed by atoms with Crippen molar-refractivity contribution in [2.75, 3.05) is 30.3 Å². The summed E-state index contributed by atoms with van der Waals surface area (Å²) < 4.78 is 0. The third-order valence-electron chi connectivity index (χ3n) is 1.99. The third kappa shape index (κ3) is 5.14. The molecule has 0 atom stereocenters. The fraction of sp³-hybridized carbons (Fsp3) is 0.545. The molecular formula is C11H19N5O. The maximum Gasteiger partial charge on any atom is 0.239 e. The van der Waals surface area contributed by atoms with E-state index in [0.717, 1.165) is 13.0 Å². The highest BCUT2D eigenvalue weighted by atomic mass is 16.1. The summed E-state index contributed by atoms with van der Waals surface area (Å²) in [6, 6.07) is 0. The zero-order valence-electron chi connectivity index (χ0n) is 10.3. The Hall–Kier alpha value is -1.85. The van der Waals surface area contributed by atoms with Crippen LogP contribution in [-0.2, 0) is 4.79 Å². The number of anilines is 2. The first-order valence-electron chi connectivity index (χ1n) is 5.82. The molecule has 0 bridgehead atoms. The second kappa shape index (κ2) is 7.43. The Balaban J connectivity index is 2.45. The summed E-state index contributed by atoms with van der Waals surface area (Å²) in [6.45, 7) is 5.66. The maximum absolute atomic E-state index is 11.2. The van der Waals surface area contributed by atoms with Gasteiger partial charge in [-0.1, -0.05) is 6.92 Å². The molecule has 0 spiro atoms. The van der Waals surface area contributed by atoms with Gasteiger partial charge in [0.2, 0.25) is 5.91 Å². The second-order valence-electron chi connectivity index (χ2n) is 3.52. The van der Waals surface area contributed by atoms with Gasteiger partial charge in [0.25, 0.3) is 0 Å². The maximum atomic E-state index is 11.2. The fourth-order valence-electron chi connectivity index (χ4n) is 1.22. The Bertz CT molecular complexity index is 355. The van der Waals surface area contributed by atoms with Crippen molar-refractivity contribution in [3.8, 4) is 0 Å². The van der Waals surface area contributed by atoms with E-state index in [1.807, 2.05) is 6.92 Å². The Morgan fingerprint density at radius 1 is 1.24 bits per heavy atom. The predicted octanol–water partition coefficient (Wildman–Crippen LogP) is 0.846. The van der Waals surface area contributed by atoms with Crippen molar-refractivity contribution < 1.29 is 4.79 Å². The van der Waals surface area contributed by atoms with Crippen LogP contribution in [0.25, 0.3) is 0 Å². The minimum atomic E-state index is -0.0544. The molecule has 6 heteroatoms. The number of nitrogens with one attached hydrogen (secondary N) is 3. The number of hydrogen-bond donors (Lipinski definition) is 3. The molecule has 1 rings (SSSR count). The molecule has 0 aliphatic heterocycles. The largest absolute Gasteiger partial charge is 0.369 e. The van der Waals surface area contributed by atoms with Crippen molar-refractivity contribution in [2.45, 2.75) is 20.3 Å². The van der Waals surface area contributed by atoms with Gasteiger partial charge in [-0.2, -0.15) is 0 Å². The molecule has 0 aromatic carbocycles. The molecule has 1 aromatic rings. The average molecular weight is 237 g/mol. The number of carbonyl (C=O) groups is 1. The zero-order valence-corrected chi connectivity index (χ0v) is 10.3. The van der Waals surface area contributed by atoms with Gasteiger partial charge in [-0.25, -0.2) is 4.98 Å². The van der Waals surface area contributed by atoms with E-state index in [1.165, 1.54) is 0 Å².